The number of azide groups is 1. The van der Waals surface area contributed by atoms with Gasteiger partial charge in [0.15, 0.2) is 0 Å². The SMILES string of the molecule is CCCC(N=[N+]=[N-])[C@H](O)C(=O)NC1CC1. The summed E-state index contributed by atoms with van der Waals surface area (Å²) in [5, 5.41) is 15.8. The van der Waals surface area contributed by atoms with Crippen LogP contribution in [-0.2, 0) is 4.79 Å². The Kier molecular flexibility index (Phi) is 4.39. The largest absolute Gasteiger partial charge is 0.383 e. The van der Waals surface area contributed by atoms with Gasteiger partial charge < -0.3 is 10.4 Å². The van der Waals surface area contributed by atoms with Crippen LogP contribution in [0.4, 0.5) is 0 Å². The van der Waals surface area contributed by atoms with Gasteiger partial charge in [0.1, 0.15) is 6.10 Å². The number of amides is 1. The van der Waals surface area contributed by atoms with Crippen molar-refractivity contribution < 1.29 is 9.90 Å². The Balaban J connectivity index is 2.48. The maximum absolute atomic E-state index is 11.4. The molecule has 0 saturated heterocycles. The molecule has 1 aliphatic carbocycles. The van der Waals surface area contributed by atoms with Crippen molar-refractivity contribution in [3.05, 3.63) is 10.4 Å². The monoisotopic (exact) mass is 212 g/mol. The van der Waals surface area contributed by atoms with E-state index in [9.17, 15) is 9.90 Å². The fourth-order valence-corrected chi connectivity index (χ4v) is 1.33. The summed E-state index contributed by atoms with van der Waals surface area (Å²) in [6, 6.07) is -0.445. The van der Waals surface area contributed by atoms with E-state index in [1.54, 1.807) is 0 Å². The van der Waals surface area contributed by atoms with E-state index in [0.717, 1.165) is 19.3 Å². The van der Waals surface area contributed by atoms with E-state index in [1.807, 2.05) is 6.92 Å². The summed E-state index contributed by atoms with van der Waals surface area (Å²) >= 11 is 0. The molecule has 6 heteroatoms. The molecule has 0 aromatic carbocycles. The summed E-state index contributed by atoms with van der Waals surface area (Å²) in [5.41, 5.74) is 8.30. The number of hydrogen-bond acceptors (Lipinski definition) is 3. The van der Waals surface area contributed by atoms with E-state index in [0.29, 0.717) is 6.42 Å². The molecule has 0 bridgehead atoms. The van der Waals surface area contributed by atoms with E-state index in [2.05, 4.69) is 15.3 Å². The summed E-state index contributed by atoms with van der Waals surface area (Å²) in [6.07, 6.45) is 2.00. The molecule has 6 nitrogen and oxygen atoms in total. The highest BCUT2D eigenvalue weighted by molar-refractivity contribution is 5.81. The molecule has 0 aromatic rings. The van der Waals surface area contributed by atoms with Crippen LogP contribution in [0.25, 0.3) is 10.4 Å². The summed E-state index contributed by atoms with van der Waals surface area (Å²) in [7, 11) is 0. The molecule has 1 fully saturated rings. The third-order valence-corrected chi connectivity index (χ3v) is 2.34. The second-order valence-electron chi connectivity index (χ2n) is 3.79. The van der Waals surface area contributed by atoms with Crippen LogP contribution in [0.1, 0.15) is 32.6 Å². The number of rotatable bonds is 6. The average Bonchev–Trinajstić information content (AvgIpc) is 3.00. The highest BCUT2D eigenvalue weighted by Crippen LogP contribution is 2.19. The van der Waals surface area contributed by atoms with Gasteiger partial charge >= 0.3 is 0 Å². The van der Waals surface area contributed by atoms with Gasteiger partial charge in [0.25, 0.3) is 0 Å². The fraction of sp³-hybridized carbons (Fsp3) is 0.889. The molecule has 2 N–H and O–H groups in total. The van der Waals surface area contributed by atoms with Gasteiger partial charge in [0.2, 0.25) is 5.91 Å². The van der Waals surface area contributed by atoms with Crippen molar-refractivity contribution in [1.29, 1.82) is 0 Å². The van der Waals surface area contributed by atoms with Gasteiger partial charge in [0.05, 0.1) is 6.04 Å². The lowest BCUT2D eigenvalue weighted by Crippen LogP contribution is -2.42. The molecular formula is C9H16N4O2. The maximum atomic E-state index is 11.4. The molecule has 0 aliphatic heterocycles. The number of aliphatic hydroxyl groups is 1. The Bertz CT molecular complexity index is 271. The Morgan fingerprint density at radius 2 is 2.40 bits per heavy atom. The number of hydrogen-bond donors (Lipinski definition) is 2. The Labute approximate surface area is 88.3 Å². The Hall–Kier alpha value is -1.26. The van der Waals surface area contributed by atoms with Crippen LogP contribution in [0, 0.1) is 0 Å². The zero-order valence-corrected chi connectivity index (χ0v) is 8.76. The molecular weight excluding hydrogens is 196 g/mol. The summed E-state index contributed by atoms with van der Waals surface area (Å²) in [6.45, 7) is 1.91. The normalized spacial score (nSPS) is 18.8. The molecule has 2 atom stereocenters. The van der Waals surface area contributed by atoms with Crippen LogP contribution in [0.2, 0.25) is 0 Å². The first-order chi connectivity index (χ1) is 7.19. The molecule has 84 valence electrons. The van der Waals surface area contributed by atoms with Crippen LogP contribution >= 0.6 is 0 Å². The molecule has 1 aliphatic rings. The molecule has 1 amide bonds. The second kappa shape index (κ2) is 5.58. The number of nitrogens with one attached hydrogen (secondary N) is 1. The highest BCUT2D eigenvalue weighted by Gasteiger charge is 2.30. The minimum Gasteiger partial charge on any atom is -0.383 e. The molecule has 15 heavy (non-hydrogen) atoms. The van der Waals surface area contributed by atoms with Crippen molar-refractivity contribution in [2.45, 2.75) is 50.8 Å². The Morgan fingerprint density at radius 3 is 2.87 bits per heavy atom. The van der Waals surface area contributed by atoms with Gasteiger partial charge in [0, 0.05) is 11.0 Å². The topological polar surface area (TPSA) is 98.1 Å². The van der Waals surface area contributed by atoms with Crippen LogP contribution < -0.4 is 5.32 Å². The Morgan fingerprint density at radius 1 is 1.73 bits per heavy atom. The van der Waals surface area contributed by atoms with Crippen molar-refractivity contribution in [3.8, 4) is 0 Å². The van der Waals surface area contributed by atoms with Crippen LogP contribution in [0.15, 0.2) is 5.11 Å². The molecule has 0 radical (unpaired) electrons. The van der Waals surface area contributed by atoms with Gasteiger partial charge in [-0.2, -0.15) is 0 Å². The van der Waals surface area contributed by atoms with Crippen molar-refractivity contribution in [1.82, 2.24) is 5.32 Å². The third-order valence-electron chi connectivity index (χ3n) is 2.34. The van der Waals surface area contributed by atoms with Gasteiger partial charge in [-0.25, -0.2) is 0 Å². The zero-order valence-electron chi connectivity index (χ0n) is 8.76. The predicted molar refractivity (Wildman–Crippen MR) is 55.0 cm³/mol. The summed E-state index contributed by atoms with van der Waals surface area (Å²) in [4.78, 5) is 14.1. The van der Waals surface area contributed by atoms with Crippen LogP contribution in [0.3, 0.4) is 0 Å². The lowest BCUT2D eigenvalue weighted by molar-refractivity contribution is -0.130. The molecule has 0 heterocycles. The third kappa shape index (κ3) is 3.77. The number of carbonyl (C=O) groups excluding carboxylic acids is 1. The predicted octanol–water partition coefficient (Wildman–Crippen LogP) is 1.10. The van der Waals surface area contributed by atoms with Crippen molar-refractivity contribution in [2.24, 2.45) is 5.11 Å². The van der Waals surface area contributed by atoms with Crippen molar-refractivity contribution >= 4 is 5.91 Å². The van der Waals surface area contributed by atoms with Crippen LogP contribution in [0.5, 0.6) is 0 Å². The maximum Gasteiger partial charge on any atom is 0.249 e. The number of nitrogens with zero attached hydrogens (tertiary/aromatic N) is 3. The minimum atomic E-state index is -1.22. The van der Waals surface area contributed by atoms with E-state index < -0.39 is 18.1 Å². The molecule has 0 spiro atoms. The van der Waals surface area contributed by atoms with E-state index in [-0.39, 0.29) is 6.04 Å². The van der Waals surface area contributed by atoms with Crippen molar-refractivity contribution in [3.63, 3.8) is 0 Å². The number of aliphatic hydroxyl groups excluding tert-OH is 1. The molecule has 0 aromatic heterocycles. The first-order valence-electron chi connectivity index (χ1n) is 5.21. The average molecular weight is 212 g/mol. The van der Waals surface area contributed by atoms with Crippen LogP contribution in [-0.4, -0.2) is 29.2 Å². The first kappa shape index (κ1) is 11.8. The van der Waals surface area contributed by atoms with Gasteiger partial charge in [-0.15, -0.1) is 0 Å². The van der Waals surface area contributed by atoms with Gasteiger partial charge in [-0.1, -0.05) is 18.5 Å². The first-order valence-corrected chi connectivity index (χ1v) is 5.21. The van der Waals surface area contributed by atoms with E-state index in [1.165, 1.54) is 0 Å². The highest BCUT2D eigenvalue weighted by atomic mass is 16.3. The van der Waals surface area contributed by atoms with E-state index in [4.69, 9.17) is 5.53 Å². The van der Waals surface area contributed by atoms with E-state index >= 15 is 0 Å². The molecule has 1 rings (SSSR count). The fourth-order valence-electron chi connectivity index (χ4n) is 1.33. The quantitative estimate of drug-likeness (QED) is 0.391. The van der Waals surface area contributed by atoms with Crippen molar-refractivity contribution in [2.75, 3.05) is 0 Å². The van der Waals surface area contributed by atoms with Gasteiger partial charge in [-0.05, 0) is 24.8 Å². The lowest BCUT2D eigenvalue weighted by atomic mass is 10.1. The minimum absolute atomic E-state index is 0.209. The smallest absolute Gasteiger partial charge is 0.249 e. The summed E-state index contributed by atoms with van der Waals surface area (Å²) < 4.78 is 0. The number of carbonyl (C=O) groups is 1. The van der Waals surface area contributed by atoms with Gasteiger partial charge in [-0.3, -0.25) is 4.79 Å². The lowest BCUT2D eigenvalue weighted by Gasteiger charge is -2.16. The summed E-state index contributed by atoms with van der Waals surface area (Å²) in [5.74, 6) is -0.427. The molecule has 1 saturated carbocycles. The standard InChI is InChI=1S/C9H16N4O2/c1-2-3-7(12-13-10)8(14)9(15)11-6-4-5-6/h6-8,14H,2-5H2,1H3,(H,11,15)/t7?,8-/m0/s1. The molecule has 1 unspecified atom stereocenters. The second-order valence-corrected chi connectivity index (χ2v) is 3.79. The zero-order chi connectivity index (χ0) is 11.3.